The summed E-state index contributed by atoms with van der Waals surface area (Å²) >= 11 is 1.66. The van der Waals surface area contributed by atoms with Gasteiger partial charge in [0.15, 0.2) is 5.96 Å². The number of nitrogens with zero attached hydrogens (tertiary/aromatic N) is 2. The molecule has 0 bridgehead atoms. The summed E-state index contributed by atoms with van der Waals surface area (Å²) in [5.41, 5.74) is 10.4. The van der Waals surface area contributed by atoms with E-state index in [1.54, 1.807) is 11.3 Å². The Hall–Kier alpha value is -1.15. The minimum Gasteiger partial charge on any atom is -0.370 e. The minimum atomic E-state index is 0. The first-order valence-electron chi connectivity index (χ1n) is 6.60. The van der Waals surface area contributed by atoms with Crippen molar-refractivity contribution in [3.8, 4) is 0 Å². The highest BCUT2D eigenvalue weighted by atomic mass is 127. The Bertz CT molecular complexity index is 622. The van der Waals surface area contributed by atoms with E-state index in [-0.39, 0.29) is 24.0 Å². The molecule has 3 N–H and O–H groups in total. The van der Waals surface area contributed by atoms with Crippen LogP contribution in [-0.4, -0.2) is 17.5 Å². The number of benzene rings is 1. The smallest absolute Gasteiger partial charge is 0.193 e. The molecule has 0 unspecified atom stereocenters. The van der Waals surface area contributed by atoms with Crippen LogP contribution in [0.5, 0.6) is 0 Å². The molecule has 21 heavy (non-hydrogen) atoms. The molecule has 0 aliphatic rings. The maximum atomic E-state index is 5.88. The normalized spacial score (nSPS) is 11.1. The lowest BCUT2D eigenvalue weighted by Crippen LogP contribution is -2.23. The van der Waals surface area contributed by atoms with Crippen LogP contribution in [0.1, 0.15) is 21.8 Å². The molecule has 0 aliphatic carbocycles. The first kappa shape index (κ1) is 17.9. The average Bonchev–Trinajstić information content (AvgIpc) is 2.80. The Labute approximate surface area is 146 Å². The number of aromatic nitrogens is 1. The van der Waals surface area contributed by atoms with Crippen molar-refractivity contribution in [3.63, 3.8) is 0 Å². The molecule has 114 valence electrons. The van der Waals surface area contributed by atoms with E-state index >= 15 is 0 Å². The Morgan fingerprint density at radius 2 is 2.05 bits per heavy atom. The number of guanidine groups is 1. The van der Waals surface area contributed by atoms with E-state index in [2.05, 4.69) is 46.7 Å². The molecule has 4 nitrogen and oxygen atoms in total. The molecule has 0 atom stereocenters. The second-order valence-corrected chi connectivity index (χ2v) is 5.86. The minimum absolute atomic E-state index is 0. The van der Waals surface area contributed by atoms with Gasteiger partial charge in [0.25, 0.3) is 0 Å². The number of aliphatic imine (C=N–C) groups is 1. The fourth-order valence-electron chi connectivity index (χ4n) is 1.82. The average molecular weight is 416 g/mol. The van der Waals surface area contributed by atoms with Crippen LogP contribution in [0.15, 0.2) is 28.6 Å². The van der Waals surface area contributed by atoms with Crippen LogP contribution < -0.4 is 11.1 Å². The molecule has 2 rings (SSSR count). The monoisotopic (exact) mass is 416 g/mol. The molecule has 0 saturated heterocycles. The van der Waals surface area contributed by atoms with Crippen LogP contribution in [0.25, 0.3) is 0 Å². The fourth-order valence-corrected chi connectivity index (χ4v) is 2.47. The number of halogens is 1. The van der Waals surface area contributed by atoms with Gasteiger partial charge in [-0.3, -0.25) is 4.99 Å². The largest absolute Gasteiger partial charge is 0.370 e. The molecule has 1 aromatic heterocycles. The van der Waals surface area contributed by atoms with Crippen molar-refractivity contribution in [2.75, 3.05) is 11.9 Å². The third-order valence-corrected chi connectivity index (χ3v) is 3.92. The Morgan fingerprint density at radius 3 is 2.67 bits per heavy atom. The zero-order valence-electron chi connectivity index (χ0n) is 12.5. The van der Waals surface area contributed by atoms with Crippen LogP contribution in [-0.2, 0) is 6.42 Å². The van der Waals surface area contributed by atoms with Crippen molar-refractivity contribution in [2.45, 2.75) is 27.2 Å². The number of rotatable bonds is 4. The molecular formula is C15H21IN4S. The van der Waals surface area contributed by atoms with Crippen molar-refractivity contribution in [1.82, 2.24) is 4.98 Å². The summed E-state index contributed by atoms with van der Waals surface area (Å²) in [6, 6.07) is 6.15. The summed E-state index contributed by atoms with van der Waals surface area (Å²) in [5, 5.41) is 6.27. The molecule has 0 radical (unpaired) electrons. The van der Waals surface area contributed by atoms with Crippen molar-refractivity contribution >= 4 is 47.0 Å². The zero-order chi connectivity index (χ0) is 14.5. The highest BCUT2D eigenvalue weighted by Gasteiger charge is 1.99. The SMILES string of the molecule is Cc1nc(CCN=C(N)Nc2ccc(C)c(C)c2)cs1.I. The number of nitrogens with two attached hydrogens (primary N) is 1. The topological polar surface area (TPSA) is 63.3 Å². The van der Waals surface area contributed by atoms with Gasteiger partial charge in [0.2, 0.25) is 0 Å². The van der Waals surface area contributed by atoms with Gasteiger partial charge in [-0.2, -0.15) is 0 Å². The van der Waals surface area contributed by atoms with Gasteiger partial charge >= 0.3 is 0 Å². The number of hydrogen-bond acceptors (Lipinski definition) is 3. The van der Waals surface area contributed by atoms with E-state index in [1.807, 2.05) is 13.0 Å². The molecule has 2 aromatic rings. The predicted octanol–water partition coefficient (Wildman–Crippen LogP) is 3.66. The standard InChI is InChI=1S/C15H20N4S.HI/c1-10-4-5-13(8-11(10)2)19-15(16)17-7-6-14-9-20-12(3)18-14;/h4-5,8-9H,6-7H2,1-3H3,(H3,16,17,19);1H. The van der Waals surface area contributed by atoms with Gasteiger partial charge in [-0.25, -0.2) is 4.98 Å². The Balaban J connectivity index is 0.00000220. The van der Waals surface area contributed by atoms with E-state index in [0.29, 0.717) is 12.5 Å². The molecule has 1 aromatic carbocycles. The molecule has 0 spiro atoms. The van der Waals surface area contributed by atoms with Gasteiger partial charge < -0.3 is 11.1 Å². The van der Waals surface area contributed by atoms with Crippen molar-refractivity contribution in [2.24, 2.45) is 10.7 Å². The number of thiazole rings is 1. The van der Waals surface area contributed by atoms with Gasteiger partial charge in [0.05, 0.1) is 10.7 Å². The van der Waals surface area contributed by atoms with E-state index < -0.39 is 0 Å². The van der Waals surface area contributed by atoms with E-state index in [0.717, 1.165) is 22.8 Å². The van der Waals surface area contributed by atoms with Crippen LogP contribution in [0.2, 0.25) is 0 Å². The van der Waals surface area contributed by atoms with Crippen LogP contribution in [0.3, 0.4) is 0 Å². The molecule has 0 amide bonds. The van der Waals surface area contributed by atoms with Gasteiger partial charge in [-0.1, -0.05) is 6.07 Å². The molecule has 6 heteroatoms. The lowest BCUT2D eigenvalue weighted by molar-refractivity contribution is 0.927. The number of aryl methyl sites for hydroxylation is 3. The fraction of sp³-hybridized carbons (Fsp3) is 0.333. The highest BCUT2D eigenvalue weighted by molar-refractivity contribution is 14.0. The second kappa shape index (κ2) is 8.33. The summed E-state index contributed by atoms with van der Waals surface area (Å²) in [6.07, 6.45) is 0.819. The summed E-state index contributed by atoms with van der Waals surface area (Å²) in [5.74, 6) is 0.445. The quantitative estimate of drug-likeness (QED) is 0.454. The van der Waals surface area contributed by atoms with Gasteiger partial charge in [0.1, 0.15) is 0 Å². The molecule has 1 heterocycles. The zero-order valence-corrected chi connectivity index (χ0v) is 15.7. The van der Waals surface area contributed by atoms with Crippen LogP contribution >= 0.6 is 35.3 Å². The van der Waals surface area contributed by atoms with Crippen molar-refractivity contribution < 1.29 is 0 Å². The summed E-state index contributed by atoms with van der Waals surface area (Å²) in [7, 11) is 0. The maximum Gasteiger partial charge on any atom is 0.193 e. The first-order valence-corrected chi connectivity index (χ1v) is 7.48. The summed E-state index contributed by atoms with van der Waals surface area (Å²) in [6.45, 7) is 6.82. The van der Waals surface area contributed by atoms with Crippen molar-refractivity contribution in [3.05, 3.63) is 45.4 Å². The van der Waals surface area contributed by atoms with Gasteiger partial charge in [0, 0.05) is 24.0 Å². The predicted molar refractivity (Wildman–Crippen MR) is 102 cm³/mol. The Morgan fingerprint density at radius 1 is 1.29 bits per heavy atom. The summed E-state index contributed by atoms with van der Waals surface area (Å²) in [4.78, 5) is 8.72. The summed E-state index contributed by atoms with van der Waals surface area (Å²) < 4.78 is 0. The van der Waals surface area contributed by atoms with Gasteiger partial charge in [-0.15, -0.1) is 35.3 Å². The molecule has 0 aliphatic heterocycles. The number of hydrogen-bond donors (Lipinski definition) is 2. The molecule has 0 fully saturated rings. The molecular weight excluding hydrogens is 395 g/mol. The van der Waals surface area contributed by atoms with Gasteiger partial charge in [-0.05, 0) is 44.0 Å². The highest BCUT2D eigenvalue weighted by Crippen LogP contribution is 2.13. The molecule has 0 saturated carbocycles. The number of nitrogens with one attached hydrogen (secondary N) is 1. The van der Waals surface area contributed by atoms with E-state index in [4.69, 9.17) is 5.73 Å². The van der Waals surface area contributed by atoms with Crippen molar-refractivity contribution in [1.29, 1.82) is 0 Å². The maximum absolute atomic E-state index is 5.88. The second-order valence-electron chi connectivity index (χ2n) is 4.80. The third-order valence-electron chi connectivity index (χ3n) is 3.10. The third kappa shape index (κ3) is 5.62. The first-order chi connectivity index (χ1) is 9.54. The number of anilines is 1. The van der Waals surface area contributed by atoms with Crippen LogP contribution in [0.4, 0.5) is 5.69 Å². The lowest BCUT2D eigenvalue weighted by Gasteiger charge is -2.07. The van der Waals surface area contributed by atoms with E-state index in [1.165, 1.54) is 11.1 Å². The van der Waals surface area contributed by atoms with Crippen LogP contribution in [0, 0.1) is 20.8 Å². The lowest BCUT2D eigenvalue weighted by atomic mass is 10.1. The van der Waals surface area contributed by atoms with E-state index in [9.17, 15) is 0 Å². The Kier molecular flexibility index (Phi) is 7.10.